The zero-order chi connectivity index (χ0) is 9.30. The van der Waals surface area contributed by atoms with E-state index in [-0.39, 0.29) is 5.02 Å². The van der Waals surface area contributed by atoms with Gasteiger partial charge in [-0.1, -0.05) is 23.2 Å². The molecule has 0 saturated carbocycles. The summed E-state index contributed by atoms with van der Waals surface area (Å²) in [4.78, 5) is 3.99. The monoisotopic (exact) mass is 206 g/mol. The highest BCUT2D eigenvalue weighted by Gasteiger charge is 2.12. The number of nitrogens with two attached hydrogens (primary N) is 1. The average Bonchev–Trinajstić information content (AvgIpc) is 2.08. The Balaban J connectivity index is 3.39. The molecule has 1 aromatic rings. The second-order valence-electron chi connectivity index (χ2n) is 2.25. The second-order valence-corrected chi connectivity index (χ2v) is 3.00. The van der Waals surface area contributed by atoms with Crippen LogP contribution in [0.25, 0.3) is 0 Å². The van der Waals surface area contributed by atoms with Crippen molar-refractivity contribution >= 4 is 28.9 Å². The number of aromatic nitrogens is 1. The van der Waals surface area contributed by atoms with Crippen LogP contribution in [0.3, 0.4) is 0 Å². The summed E-state index contributed by atoms with van der Waals surface area (Å²) >= 11 is 11.6. The molecule has 12 heavy (non-hydrogen) atoms. The van der Waals surface area contributed by atoms with Crippen LogP contribution < -0.4 is 10.5 Å². The molecule has 0 radical (unpaired) electrons. The van der Waals surface area contributed by atoms with Crippen LogP contribution in [0.5, 0.6) is 5.88 Å². The van der Waals surface area contributed by atoms with Gasteiger partial charge in [0.25, 0.3) is 0 Å². The number of rotatable bonds is 1. The van der Waals surface area contributed by atoms with E-state index in [4.69, 9.17) is 33.7 Å². The van der Waals surface area contributed by atoms with Crippen LogP contribution in [0, 0.1) is 6.92 Å². The van der Waals surface area contributed by atoms with Crippen LogP contribution in [-0.2, 0) is 0 Å². The number of anilines is 1. The Labute approximate surface area is 80.4 Å². The van der Waals surface area contributed by atoms with Crippen molar-refractivity contribution in [3.8, 4) is 5.88 Å². The van der Waals surface area contributed by atoms with Gasteiger partial charge in [0, 0.05) is 0 Å². The summed E-state index contributed by atoms with van der Waals surface area (Å²) in [5.41, 5.74) is 6.49. The molecule has 66 valence electrons. The molecule has 0 amide bonds. The summed E-state index contributed by atoms with van der Waals surface area (Å²) < 4.78 is 4.88. The molecule has 0 bridgehead atoms. The molecule has 0 saturated heterocycles. The molecule has 0 aliphatic rings. The van der Waals surface area contributed by atoms with Gasteiger partial charge in [0.1, 0.15) is 5.02 Å². The highest BCUT2D eigenvalue weighted by atomic mass is 35.5. The van der Waals surface area contributed by atoms with Gasteiger partial charge < -0.3 is 10.5 Å². The lowest BCUT2D eigenvalue weighted by molar-refractivity contribution is 0.397. The van der Waals surface area contributed by atoms with E-state index >= 15 is 0 Å². The minimum absolute atomic E-state index is 0.258. The highest BCUT2D eigenvalue weighted by molar-refractivity contribution is 6.39. The summed E-state index contributed by atoms with van der Waals surface area (Å²) in [7, 11) is 1.47. The Morgan fingerprint density at radius 1 is 1.33 bits per heavy atom. The molecule has 0 aromatic carbocycles. The second kappa shape index (κ2) is 3.37. The van der Waals surface area contributed by atoms with Crippen LogP contribution in [0.2, 0.25) is 10.0 Å². The van der Waals surface area contributed by atoms with Gasteiger partial charge in [0.05, 0.1) is 23.5 Å². The number of pyridine rings is 1. The summed E-state index contributed by atoms with van der Waals surface area (Å²) in [6.07, 6.45) is 0. The molecule has 1 rings (SSSR count). The molecular formula is C7H8Cl2N2O. The molecule has 0 aliphatic heterocycles. The Morgan fingerprint density at radius 2 is 1.92 bits per heavy atom. The smallest absolute Gasteiger partial charge is 0.234 e. The van der Waals surface area contributed by atoms with E-state index in [1.807, 2.05) is 0 Å². The summed E-state index contributed by atoms with van der Waals surface area (Å²) in [6.45, 7) is 1.73. The number of hydrogen-bond donors (Lipinski definition) is 1. The van der Waals surface area contributed by atoms with E-state index in [2.05, 4.69) is 4.98 Å². The highest BCUT2D eigenvalue weighted by Crippen LogP contribution is 2.35. The largest absolute Gasteiger partial charge is 0.480 e. The van der Waals surface area contributed by atoms with Crippen molar-refractivity contribution < 1.29 is 4.74 Å². The first-order valence-corrected chi connectivity index (χ1v) is 3.98. The average molecular weight is 207 g/mol. The zero-order valence-corrected chi connectivity index (χ0v) is 8.20. The molecule has 0 unspecified atom stereocenters. The SMILES string of the molecule is COc1nc(C)c(Cl)c(N)c1Cl. The molecule has 1 aromatic heterocycles. The minimum atomic E-state index is 0.258. The van der Waals surface area contributed by atoms with Gasteiger partial charge >= 0.3 is 0 Å². The van der Waals surface area contributed by atoms with Crippen molar-refractivity contribution in [3.05, 3.63) is 15.7 Å². The molecule has 0 atom stereocenters. The summed E-state index contributed by atoms with van der Waals surface area (Å²) in [5, 5.41) is 0.633. The first-order chi connectivity index (χ1) is 5.57. The van der Waals surface area contributed by atoms with Crippen LogP contribution >= 0.6 is 23.2 Å². The fraction of sp³-hybridized carbons (Fsp3) is 0.286. The lowest BCUT2D eigenvalue weighted by atomic mass is 10.3. The van der Waals surface area contributed by atoms with Gasteiger partial charge in [-0.15, -0.1) is 0 Å². The normalized spacial score (nSPS) is 10.0. The maximum absolute atomic E-state index is 5.78. The maximum Gasteiger partial charge on any atom is 0.234 e. The molecule has 0 fully saturated rings. The van der Waals surface area contributed by atoms with Crippen molar-refractivity contribution in [2.75, 3.05) is 12.8 Å². The Hall–Kier alpha value is -0.670. The molecule has 0 spiro atoms. The van der Waals surface area contributed by atoms with Crippen molar-refractivity contribution in [1.29, 1.82) is 0 Å². The van der Waals surface area contributed by atoms with Gasteiger partial charge in [-0.3, -0.25) is 0 Å². The van der Waals surface area contributed by atoms with E-state index in [1.54, 1.807) is 6.92 Å². The van der Waals surface area contributed by atoms with Gasteiger partial charge in [-0.05, 0) is 6.92 Å². The number of ether oxygens (including phenoxy) is 1. The summed E-state index contributed by atoms with van der Waals surface area (Å²) in [5.74, 6) is 0.302. The number of aryl methyl sites for hydroxylation is 1. The molecule has 5 heteroatoms. The Bertz CT molecular complexity index is 315. The fourth-order valence-electron chi connectivity index (χ4n) is 0.792. The predicted molar refractivity (Wildman–Crippen MR) is 50.0 cm³/mol. The predicted octanol–water partition coefficient (Wildman–Crippen LogP) is 2.29. The summed E-state index contributed by atoms with van der Waals surface area (Å²) in [6, 6.07) is 0. The molecule has 2 N–H and O–H groups in total. The lowest BCUT2D eigenvalue weighted by Crippen LogP contribution is -1.97. The molecule has 0 aliphatic carbocycles. The van der Waals surface area contributed by atoms with E-state index in [9.17, 15) is 0 Å². The van der Waals surface area contributed by atoms with E-state index in [1.165, 1.54) is 7.11 Å². The number of nitrogens with zero attached hydrogens (tertiary/aromatic N) is 1. The number of methoxy groups -OCH3 is 1. The third-order valence-electron chi connectivity index (χ3n) is 1.44. The molecular weight excluding hydrogens is 199 g/mol. The number of nitrogen functional groups attached to an aromatic ring is 1. The topological polar surface area (TPSA) is 48.1 Å². The van der Waals surface area contributed by atoms with Crippen LogP contribution in [-0.4, -0.2) is 12.1 Å². The van der Waals surface area contributed by atoms with E-state index < -0.39 is 0 Å². The Morgan fingerprint density at radius 3 is 2.42 bits per heavy atom. The lowest BCUT2D eigenvalue weighted by Gasteiger charge is -2.07. The van der Waals surface area contributed by atoms with E-state index in [0.717, 1.165) is 0 Å². The van der Waals surface area contributed by atoms with Gasteiger partial charge in [-0.25, -0.2) is 4.98 Å². The maximum atomic E-state index is 5.78. The van der Waals surface area contributed by atoms with Gasteiger partial charge in [0.2, 0.25) is 5.88 Å². The first kappa shape index (κ1) is 9.42. The fourth-order valence-corrected chi connectivity index (χ4v) is 1.19. The van der Waals surface area contributed by atoms with Crippen LogP contribution in [0.1, 0.15) is 5.69 Å². The number of halogens is 2. The van der Waals surface area contributed by atoms with Crippen molar-refractivity contribution in [2.24, 2.45) is 0 Å². The third kappa shape index (κ3) is 1.42. The van der Waals surface area contributed by atoms with Crippen LogP contribution in [0.15, 0.2) is 0 Å². The van der Waals surface area contributed by atoms with E-state index in [0.29, 0.717) is 22.3 Å². The van der Waals surface area contributed by atoms with Crippen molar-refractivity contribution in [3.63, 3.8) is 0 Å². The first-order valence-electron chi connectivity index (χ1n) is 3.23. The number of hydrogen-bond acceptors (Lipinski definition) is 3. The molecule has 3 nitrogen and oxygen atoms in total. The third-order valence-corrected chi connectivity index (χ3v) is 2.28. The standard InChI is InChI=1S/C7H8Cl2N2O/c1-3-4(8)6(10)5(9)7(11-3)12-2/h1-2H3,(H2,10,11). The molecule has 1 heterocycles. The minimum Gasteiger partial charge on any atom is -0.480 e. The zero-order valence-electron chi connectivity index (χ0n) is 6.69. The van der Waals surface area contributed by atoms with Gasteiger partial charge in [-0.2, -0.15) is 0 Å². The Kier molecular flexibility index (Phi) is 2.65. The van der Waals surface area contributed by atoms with Gasteiger partial charge in [0.15, 0.2) is 0 Å². The van der Waals surface area contributed by atoms with Crippen molar-refractivity contribution in [1.82, 2.24) is 4.98 Å². The van der Waals surface area contributed by atoms with Crippen molar-refractivity contribution in [2.45, 2.75) is 6.92 Å². The van der Waals surface area contributed by atoms with Crippen LogP contribution in [0.4, 0.5) is 5.69 Å². The quantitative estimate of drug-likeness (QED) is 0.768.